The minimum Gasteiger partial charge on any atom is -0.395 e. The molecule has 0 unspecified atom stereocenters. The van der Waals surface area contributed by atoms with Gasteiger partial charge in [0.05, 0.1) is 12.6 Å². The number of piperidine rings is 1. The minimum absolute atomic E-state index is 0.0867. The molecule has 1 amide bonds. The van der Waals surface area contributed by atoms with Crippen LogP contribution in [0.25, 0.3) is 0 Å². The number of aliphatic hydroxyl groups is 1. The Hall–Kier alpha value is -1.57. The number of aliphatic hydroxyl groups excluding tert-OH is 1. The lowest BCUT2D eigenvalue weighted by molar-refractivity contribution is -0.120. The monoisotopic (exact) mass is 321 g/mol. The number of β-amino-alcohol motifs (C(OH)–C–C–N with tert-alkyl or cyclic N) is 1. The average molecular weight is 321 g/mol. The van der Waals surface area contributed by atoms with Crippen LogP contribution in [0.5, 0.6) is 0 Å². The number of nitrogens with zero attached hydrogens (tertiary/aromatic N) is 4. The lowest BCUT2D eigenvalue weighted by Gasteiger charge is -2.34. The summed E-state index contributed by atoms with van der Waals surface area (Å²) in [5.74, 6) is 0.852. The van der Waals surface area contributed by atoms with Crippen LogP contribution in [0.3, 0.4) is 0 Å². The normalized spacial score (nSPS) is 18.1. The van der Waals surface area contributed by atoms with Crippen LogP contribution in [0.15, 0.2) is 18.5 Å². The van der Waals surface area contributed by atoms with Gasteiger partial charge in [0.1, 0.15) is 0 Å². The standard InChI is InChI=1S/C16H27N5O2/c1-13(15(23)19-16-17-6-3-7-18-16)20(2)12-14-4-8-21(9-5-14)10-11-22/h3,6-7,13-14,22H,4-5,8-12H2,1-2H3,(H,17,18,19,23)/t13-/m0/s1. The van der Waals surface area contributed by atoms with E-state index in [1.165, 1.54) is 0 Å². The number of rotatable bonds is 7. The predicted molar refractivity (Wildman–Crippen MR) is 89.0 cm³/mol. The number of likely N-dealkylation sites (tertiary alicyclic amines) is 1. The summed E-state index contributed by atoms with van der Waals surface area (Å²) in [5, 5.41) is 11.7. The zero-order chi connectivity index (χ0) is 16.7. The van der Waals surface area contributed by atoms with Crippen LogP contribution in [-0.4, -0.2) is 76.7 Å². The number of nitrogens with one attached hydrogen (secondary N) is 1. The van der Waals surface area contributed by atoms with Crippen molar-refractivity contribution in [3.05, 3.63) is 18.5 Å². The van der Waals surface area contributed by atoms with Gasteiger partial charge in [0, 0.05) is 25.5 Å². The molecule has 1 aliphatic heterocycles. The van der Waals surface area contributed by atoms with E-state index in [4.69, 9.17) is 5.11 Å². The van der Waals surface area contributed by atoms with Gasteiger partial charge < -0.3 is 10.0 Å². The van der Waals surface area contributed by atoms with E-state index in [0.717, 1.165) is 39.0 Å². The zero-order valence-electron chi connectivity index (χ0n) is 14.0. The highest BCUT2D eigenvalue weighted by Gasteiger charge is 2.24. The van der Waals surface area contributed by atoms with Crippen LogP contribution >= 0.6 is 0 Å². The number of carbonyl (C=O) groups excluding carboxylic acids is 1. The van der Waals surface area contributed by atoms with Gasteiger partial charge in [-0.3, -0.25) is 15.0 Å². The minimum atomic E-state index is -0.228. The van der Waals surface area contributed by atoms with Gasteiger partial charge >= 0.3 is 0 Å². The summed E-state index contributed by atoms with van der Waals surface area (Å²) in [6.45, 7) is 5.84. The van der Waals surface area contributed by atoms with Crippen LogP contribution in [0.2, 0.25) is 0 Å². The molecule has 0 spiro atoms. The number of hydrogen-bond acceptors (Lipinski definition) is 6. The number of likely N-dealkylation sites (N-methyl/N-ethyl adjacent to an activating group) is 1. The van der Waals surface area contributed by atoms with Gasteiger partial charge in [-0.2, -0.15) is 0 Å². The molecule has 0 bridgehead atoms. The van der Waals surface area contributed by atoms with E-state index >= 15 is 0 Å². The quantitative estimate of drug-likeness (QED) is 0.758. The second-order valence-corrected chi connectivity index (χ2v) is 6.19. The highest BCUT2D eigenvalue weighted by atomic mass is 16.3. The Kier molecular flexibility index (Phi) is 6.88. The summed E-state index contributed by atoms with van der Waals surface area (Å²) >= 11 is 0. The molecule has 2 rings (SSSR count). The van der Waals surface area contributed by atoms with Gasteiger partial charge in [0.25, 0.3) is 0 Å². The summed E-state index contributed by atoms with van der Waals surface area (Å²) in [4.78, 5) is 24.7. The second-order valence-electron chi connectivity index (χ2n) is 6.19. The molecule has 1 aromatic rings. The molecule has 0 radical (unpaired) electrons. The smallest absolute Gasteiger partial charge is 0.243 e. The molecule has 128 valence electrons. The molecule has 7 heteroatoms. The van der Waals surface area contributed by atoms with Gasteiger partial charge in [-0.15, -0.1) is 0 Å². The molecule has 1 aliphatic rings. The fourth-order valence-electron chi connectivity index (χ4n) is 2.88. The molecule has 2 heterocycles. The maximum atomic E-state index is 12.3. The molecule has 0 aliphatic carbocycles. The van der Waals surface area contributed by atoms with E-state index in [2.05, 4.69) is 25.1 Å². The van der Waals surface area contributed by atoms with Crippen molar-refractivity contribution in [3.8, 4) is 0 Å². The lowest BCUT2D eigenvalue weighted by atomic mass is 9.96. The van der Waals surface area contributed by atoms with Crippen molar-refractivity contribution in [2.45, 2.75) is 25.8 Å². The first-order chi connectivity index (χ1) is 11.1. The summed E-state index contributed by atoms with van der Waals surface area (Å²) in [6, 6.07) is 1.49. The number of anilines is 1. The first-order valence-corrected chi connectivity index (χ1v) is 8.21. The van der Waals surface area contributed by atoms with E-state index in [-0.39, 0.29) is 18.6 Å². The molecule has 1 atom stereocenters. The van der Waals surface area contributed by atoms with Crippen LogP contribution < -0.4 is 5.32 Å². The fraction of sp³-hybridized carbons (Fsp3) is 0.688. The average Bonchev–Trinajstić information content (AvgIpc) is 2.57. The third kappa shape index (κ3) is 5.53. The Balaban J connectivity index is 1.76. The molecular weight excluding hydrogens is 294 g/mol. The third-order valence-electron chi connectivity index (χ3n) is 4.51. The molecular formula is C16H27N5O2. The van der Waals surface area contributed by atoms with Gasteiger partial charge in [-0.1, -0.05) is 0 Å². The van der Waals surface area contributed by atoms with Crippen molar-refractivity contribution in [2.75, 3.05) is 45.2 Å². The van der Waals surface area contributed by atoms with Crippen molar-refractivity contribution < 1.29 is 9.90 Å². The Morgan fingerprint density at radius 2 is 2.09 bits per heavy atom. The van der Waals surface area contributed by atoms with Crippen LogP contribution in [0, 0.1) is 5.92 Å². The first-order valence-electron chi connectivity index (χ1n) is 8.21. The summed E-state index contributed by atoms with van der Waals surface area (Å²) < 4.78 is 0. The molecule has 0 aromatic carbocycles. The Morgan fingerprint density at radius 1 is 1.43 bits per heavy atom. The molecule has 7 nitrogen and oxygen atoms in total. The third-order valence-corrected chi connectivity index (χ3v) is 4.51. The van der Waals surface area contributed by atoms with E-state index in [0.29, 0.717) is 11.9 Å². The predicted octanol–water partition coefficient (Wildman–Crippen LogP) is 0.440. The molecule has 23 heavy (non-hydrogen) atoms. The van der Waals surface area contributed by atoms with Gasteiger partial charge in [0.15, 0.2) is 0 Å². The summed E-state index contributed by atoms with van der Waals surface area (Å²) in [6.07, 6.45) is 5.44. The topological polar surface area (TPSA) is 81.6 Å². The Labute approximate surface area is 137 Å². The molecule has 0 saturated carbocycles. The molecule has 1 fully saturated rings. The van der Waals surface area contributed by atoms with Gasteiger partial charge in [0.2, 0.25) is 11.9 Å². The Morgan fingerprint density at radius 3 is 2.70 bits per heavy atom. The van der Waals surface area contributed by atoms with Gasteiger partial charge in [-0.25, -0.2) is 9.97 Å². The largest absolute Gasteiger partial charge is 0.395 e. The van der Waals surface area contributed by atoms with Crippen molar-refractivity contribution in [3.63, 3.8) is 0 Å². The number of carbonyl (C=O) groups is 1. The number of hydrogen-bond donors (Lipinski definition) is 2. The highest BCUT2D eigenvalue weighted by Crippen LogP contribution is 2.18. The summed E-state index contributed by atoms with van der Waals surface area (Å²) in [5.41, 5.74) is 0. The van der Waals surface area contributed by atoms with E-state index < -0.39 is 0 Å². The SMILES string of the molecule is C[C@@H](C(=O)Nc1ncccn1)N(C)CC1CCN(CCO)CC1. The van der Waals surface area contributed by atoms with Gasteiger partial charge in [-0.05, 0) is 51.9 Å². The fourth-order valence-corrected chi connectivity index (χ4v) is 2.88. The highest BCUT2D eigenvalue weighted by molar-refractivity contribution is 5.92. The maximum Gasteiger partial charge on any atom is 0.243 e. The van der Waals surface area contributed by atoms with Crippen LogP contribution in [0.1, 0.15) is 19.8 Å². The van der Waals surface area contributed by atoms with Crippen LogP contribution in [0.4, 0.5) is 5.95 Å². The first kappa shape index (κ1) is 17.8. The van der Waals surface area contributed by atoms with Crippen molar-refractivity contribution in [1.82, 2.24) is 19.8 Å². The molecule has 1 saturated heterocycles. The second kappa shape index (κ2) is 8.90. The summed E-state index contributed by atoms with van der Waals surface area (Å²) in [7, 11) is 1.98. The van der Waals surface area contributed by atoms with E-state index in [1.54, 1.807) is 18.5 Å². The number of aromatic nitrogens is 2. The van der Waals surface area contributed by atoms with Crippen molar-refractivity contribution in [2.24, 2.45) is 5.92 Å². The van der Waals surface area contributed by atoms with Crippen LogP contribution in [-0.2, 0) is 4.79 Å². The van der Waals surface area contributed by atoms with E-state index in [9.17, 15) is 4.79 Å². The molecule has 2 N–H and O–H groups in total. The maximum absolute atomic E-state index is 12.3. The lowest BCUT2D eigenvalue weighted by Crippen LogP contribution is -2.44. The van der Waals surface area contributed by atoms with E-state index in [1.807, 2.05) is 14.0 Å². The van der Waals surface area contributed by atoms with Crippen molar-refractivity contribution in [1.29, 1.82) is 0 Å². The molecule has 1 aromatic heterocycles. The Bertz CT molecular complexity index is 477. The zero-order valence-corrected chi connectivity index (χ0v) is 14.0. The number of amides is 1. The van der Waals surface area contributed by atoms with Crippen molar-refractivity contribution >= 4 is 11.9 Å².